The number of primary amides is 1. The van der Waals surface area contributed by atoms with Crippen molar-refractivity contribution in [2.45, 2.75) is 31.2 Å². The van der Waals surface area contributed by atoms with E-state index in [2.05, 4.69) is 15.5 Å². The van der Waals surface area contributed by atoms with Crippen molar-refractivity contribution in [3.8, 4) is 5.69 Å². The number of rotatable bonds is 4. The molecule has 0 saturated heterocycles. The van der Waals surface area contributed by atoms with Gasteiger partial charge in [-0.1, -0.05) is 17.8 Å². The van der Waals surface area contributed by atoms with Crippen LogP contribution < -0.4 is 11.1 Å². The average molecular weight is 320 g/mol. The second-order valence-corrected chi connectivity index (χ2v) is 6.14. The molecule has 0 aliphatic rings. The predicted octanol–water partition coefficient (Wildman–Crippen LogP) is 0.955. The van der Waals surface area contributed by atoms with Crippen LogP contribution in [0.3, 0.4) is 0 Å². The fraction of sp³-hybridized carbons (Fsp3) is 0.308. The lowest BCUT2D eigenvalue weighted by atomic mass is 10.1. The van der Waals surface area contributed by atoms with Gasteiger partial charge in [0.25, 0.3) is 0 Å². The summed E-state index contributed by atoms with van der Waals surface area (Å²) >= 11 is 1.14. The highest BCUT2D eigenvalue weighted by Crippen LogP contribution is 2.23. The number of carbonyl (C=O) groups is 2. The third kappa shape index (κ3) is 3.82. The number of hydrogen-bond acceptors (Lipinski definition) is 6. The number of nitrogens with two attached hydrogens (primary N) is 1. The van der Waals surface area contributed by atoms with Gasteiger partial charge < -0.3 is 5.73 Å². The maximum Gasteiger partial charge on any atom is 0.318 e. The molecule has 0 fully saturated rings. The summed E-state index contributed by atoms with van der Waals surface area (Å²) < 4.78 is 1.55. The first-order valence-corrected chi connectivity index (χ1v) is 7.39. The average Bonchev–Trinajstić information content (AvgIpc) is 2.84. The summed E-state index contributed by atoms with van der Waals surface area (Å²) in [6, 6.07) is 5.05. The van der Waals surface area contributed by atoms with E-state index in [1.54, 1.807) is 11.6 Å². The first-order valence-electron chi connectivity index (χ1n) is 6.51. The normalized spacial score (nSPS) is 12.0. The summed E-state index contributed by atoms with van der Waals surface area (Å²) in [5.41, 5.74) is 7.91. The van der Waals surface area contributed by atoms with Crippen molar-refractivity contribution in [2.24, 2.45) is 5.73 Å². The van der Waals surface area contributed by atoms with Crippen LogP contribution in [0.2, 0.25) is 0 Å². The molecule has 116 valence electrons. The highest BCUT2D eigenvalue weighted by molar-refractivity contribution is 8.00. The summed E-state index contributed by atoms with van der Waals surface area (Å²) in [4.78, 5) is 22.4. The van der Waals surface area contributed by atoms with Gasteiger partial charge in [-0.2, -0.15) is 4.68 Å². The first-order chi connectivity index (χ1) is 10.4. The highest BCUT2D eigenvalue weighted by Gasteiger charge is 2.20. The van der Waals surface area contributed by atoms with Crippen molar-refractivity contribution in [3.63, 3.8) is 0 Å². The Labute approximate surface area is 131 Å². The fourth-order valence-corrected chi connectivity index (χ4v) is 2.73. The van der Waals surface area contributed by atoms with Gasteiger partial charge in [-0.05, 0) is 54.5 Å². The molecule has 0 bridgehead atoms. The molecule has 0 radical (unpaired) electrons. The minimum atomic E-state index is -0.883. The maximum atomic E-state index is 11.7. The van der Waals surface area contributed by atoms with Gasteiger partial charge in [0.05, 0.1) is 10.9 Å². The number of carbonyl (C=O) groups excluding carboxylic acids is 2. The lowest BCUT2D eigenvalue weighted by molar-refractivity contribution is -0.119. The Balaban J connectivity index is 2.22. The second-order valence-electron chi connectivity index (χ2n) is 4.83. The van der Waals surface area contributed by atoms with Crippen molar-refractivity contribution >= 4 is 23.7 Å². The monoisotopic (exact) mass is 320 g/mol. The van der Waals surface area contributed by atoms with Gasteiger partial charge in [-0.3, -0.25) is 10.1 Å². The molecule has 1 aromatic carbocycles. The predicted molar refractivity (Wildman–Crippen MR) is 81.7 cm³/mol. The number of thioether (sulfide) groups is 1. The van der Waals surface area contributed by atoms with Gasteiger partial charge in [0.1, 0.15) is 0 Å². The highest BCUT2D eigenvalue weighted by atomic mass is 32.2. The standard InChI is InChI=1S/C13H16N6O2S/c1-7-4-8(2)6-10(5-7)19-13(16-17-18-19)22-9(3)11(20)15-12(14)21/h4-6,9H,1-3H3,(H3,14,15,20,21)/t9-/m0/s1. The van der Waals surface area contributed by atoms with Gasteiger partial charge in [0, 0.05) is 0 Å². The SMILES string of the molecule is Cc1cc(C)cc(-n2nnnc2S[C@@H](C)C(=O)NC(N)=O)c1. The van der Waals surface area contributed by atoms with E-state index in [4.69, 9.17) is 5.73 Å². The van der Waals surface area contributed by atoms with Crippen molar-refractivity contribution in [2.75, 3.05) is 0 Å². The Morgan fingerprint density at radius 1 is 1.27 bits per heavy atom. The number of imide groups is 1. The summed E-state index contributed by atoms with van der Waals surface area (Å²) in [5, 5.41) is 13.4. The van der Waals surface area contributed by atoms with E-state index in [1.165, 1.54) is 0 Å². The van der Waals surface area contributed by atoms with Crippen LogP contribution in [0.1, 0.15) is 18.1 Å². The molecule has 2 aromatic rings. The Morgan fingerprint density at radius 3 is 2.50 bits per heavy atom. The zero-order chi connectivity index (χ0) is 16.3. The Bertz CT molecular complexity index is 694. The molecule has 2 rings (SSSR count). The van der Waals surface area contributed by atoms with Crippen LogP contribution in [0.25, 0.3) is 5.69 Å². The topological polar surface area (TPSA) is 116 Å². The van der Waals surface area contributed by atoms with Crippen LogP contribution in [-0.4, -0.2) is 37.4 Å². The molecule has 0 aliphatic carbocycles. The number of aromatic nitrogens is 4. The summed E-state index contributed by atoms with van der Waals surface area (Å²) in [6.45, 7) is 5.61. The molecular formula is C13H16N6O2S. The molecule has 3 N–H and O–H groups in total. The summed E-state index contributed by atoms with van der Waals surface area (Å²) in [5.74, 6) is -0.493. The van der Waals surface area contributed by atoms with Crippen LogP contribution in [0.15, 0.2) is 23.4 Å². The van der Waals surface area contributed by atoms with E-state index in [-0.39, 0.29) is 0 Å². The zero-order valence-electron chi connectivity index (χ0n) is 12.4. The van der Waals surface area contributed by atoms with Gasteiger partial charge >= 0.3 is 6.03 Å². The van der Waals surface area contributed by atoms with E-state index in [1.807, 2.05) is 37.4 Å². The van der Waals surface area contributed by atoms with Crippen molar-refractivity contribution in [1.82, 2.24) is 25.5 Å². The Hall–Kier alpha value is -2.42. The van der Waals surface area contributed by atoms with Crippen molar-refractivity contribution in [3.05, 3.63) is 29.3 Å². The number of tetrazole rings is 1. The second kappa shape index (κ2) is 6.56. The van der Waals surface area contributed by atoms with Crippen LogP contribution in [0.4, 0.5) is 4.79 Å². The number of nitrogens with zero attached hydrogens (tertiary/aromatic N) is 4. The Kier molecular flexibility index (Phi) is 4.76. The van der Waals surface area contributed by atoms with Crippen molar-refractivity contribution < 1.29 is 9.59 Å². The lowest BCUT2D eigenvalue weighted by Crippen LogP contribution is -2.39. The molecule has 0 saturated carbocycles. The number of urea groups is 1. The lowest BCUT2D eigenvalue weighted by Gasteiger charge is -2.10. The molecule has 1 aromatic heterocycles. The molecule has 9 heteroatoms. The molecule has 3 amide bonds. The number of aryl methyl sites for hydroxylation is 2. The van der Waals surface area contributed by atoms with Crippen LogP contribution in [-0.2, 0) is 4.79 Å². The van der Waals surface area contributed by atoms with Gasteiger partial charge in [-0.25, -0.2) is 4.79 Å². The van der Waals surface area contributed by atoms with Crippen LogP contribution >= 0.6 is 11.8 Å². The quantitative estimate of drug-likeness (QED) is 0.810. The third-order valence-electron chi connectivity index (χ3n) is 2.79. The molecule has 22 heavy (non-hydrogen) atoms. The van der Waals surface area contributed by atoms with Crippen LogP contribution in [0.5, 0.6) is 0 Å². The first kappa shape index (κ1) is 16.0. The molecule has 8 nitrogen and oxygen atoms in total. The minimum absolute atomic E-state index is 0.456. The van der Waals surface area contributed by atoms with Gasteiger partial charge in [0.15, 0.2) is 0 Å². The van der Waals surface area contributed by atoms with Gasteiger partial charge in [-0.15, -0.1) is 5.10 Å². The number of amides is 3. The van der Waals surface area contributed by atoms with Crippen molar-refractivity contribution in [1.29, 1.82) is 0 Å². The maximum absolute atomic E-state index is 11.7. The van der Waals surface area contributed by atoms with Gasteiger partial charge in [0.2, 0.25) is 11.1 Å². The van der Waals surface area contributed by atoms with E-state index in [9.17, 15) is 9.59 Å². The molecule has 0 aliphatic heterocycles. The van der Waals surface area contributed by atoms with E-state index < -0.39 is 17.2 Å². The number of hydrogen-bond donors (Lipinski definition) is 2. The summed E-state index contributed by atoms with van der Waals surface area (Å²) in [6.07, 6.45) is 0. The van der Waals surface area contributed by atoms with Crippen LogP contribution in [0, 0.1) is 13.8 Å². The molecule has 1 heterocycles. The molecule has 1 atom stereocenters. The van der Waals surface area contributed by atoms with E-state index in [0.29, 0.717) is 5.16 Å². The molecular weight excluding hydrogens is 304 g/mol. The molecule has 0 unspecified atom stereocenters. The number of nitrogens with one attached hydrogen (secondary N) is 1. The zero-order valence-corrected chi connectivity index (χ0v) is 13.2. The smallest absolute Gasteiger partial charge is 0.318 e. The Morgan fingerprint density at radius 2 is 1.91 bits per heavy atom. The summed E-state index contributed by atoms with van der Waals surface area (Å²) in [7, 11) is 0. The minimum Gasteiger partial charge on any atom is -0.351 e. The van der Waals surface area contributed by atoms with E-state index >= 15 is 0 Å². The fourth-order valence-electron chi connectivity index (χ4n) is 1.92. The van der Waals surface area contributed by atoms with E-state index in [0.717, 1.165) is 28.6 Å². The largest absolute Gasteiger partial charge is 0.351 e. The third-order valence-corrected chi connectivity index (χ3v) is 3.82. The number of benzene rings is 1. The molecule has 0 spiro atoms.